The van der Waals surface area contributed by atoms with Crippen molar-refractivity contribution in [3.8, 4) is 0 Å². The van der Waals surface area contributed by atoms with Gasteiger partial charge in [0.15, 0.2) is 0 Å². The minimum absolute atomic E-state index is 0.0683. The molecule has 0 aliphatic carbocycles. The Morgan fingerprint density at radius 1 is 1.12 bits per heavy atom. The summed E-state index contributed by atoms with van der Waals surface area (Å²) in [6, 6.07) is 16.5. The van der Waals surface area contributed by atoms with Crippen LogP contribution in [-0.2, 0) is 16.1 Å². The number of anilines is 1. The van der Waals surface area contributed by atoms with Crippen molar-refractivity contribution < 1.29 is 9.53 Å². The average molecular weight is 449 g/mol. The molecule has 2 aromatic carbocycles. The SMILES string of the molecule is CCN(CC)[C@H]1C[C@@H](c2ccc(NC(=O)Cn3cnc4ccccc43)cc2)O[C@@H](C(C)C)C1. The van der Waals surface area contributed by atoms with Crippen LogP contribution in [0, 0.1) is 5.92 Å². The van der Waals surface area contributed by atoms with E-state index in [0.29, 0.717) is 12.0 Å². The van der Waals surface area contributed by atoms with Gasteiger partial charge in [-0.25, -0.2) is 4.98 Å². The largest absolute Gasteiger partial charge is 0.370 e. The third-order valence-electron chi connectivity index (χ3n) is 6.81. The summed E-state index contributed by atoms with van der Waals surface area (Å²) in [7, 11) is 0. The van der Waals surface area contributed by atoms with E-state index in [9.17, 15) is 4.79 Å². The van der Waals surface area contributed by atoms with Crippen LogP contribution in [0.4, 0.5) is 5.69 Å². The highest BCUT2D eigenvalue weighted by Gasteiger charge is 2.34. The Hall–Kier alpha value is -2.70. The number of nitrogens with zero attached hydrogens (tertiary/aromatic N) is 3. The highest BCUT2D eigenvalue weighted by Crippen LogP contribution is 2.36. The zero-order valence-corrected chi connectivity index (χ0v) is 20.2. The fraction of sp³-hybridized carbons (Fsp3) is 0.481. The molecule has 3 atom stereocenters. The van der Waals surface area contributed by atoms with Gasteiger partial charge in [-0.15, -0.1) is 0 Å². The third kappa shape index (κ3) is 5.45. The van der Waals surface area contributed by atoms with Gasteiger partial charge in [0.25, 0.3) is 0 Å². The number of carbonyl (C=O) groups excluding carboxylic acids is 1. The highest BCUT2D eigenvalue weighted by atomic mass is 16.5. The number of rotatable bonds is 8. The number of ether oxygens (including phenoxy) is 1. The smallest absolute Gasteiger partial charge is 0.244 e. The molecular weight excluding hydrogens is 412 g/mol. The third-order valence-corrected chi connectivity index (χ3v) is 6.81. The number of fused-ring (bicyclic) bond motifs is 1. The van der Waals surface area contributed by atoms with E-state index in [2.05, 4.69) is 55.0 Å². The van der Waals surface area contributed by atoms with Gasteiger partial charge >= 0.3 is 0 Å². The Balaban J connectivity index is 1.41. The predicted octanol–water partition coefficient (Wildman–Crippen LogP) is 5.26. The van der Waals surface area contributed by atoms with Crippen LogP contribution in [0.2, 0.25) is 0 Å². The molecule has 1 N–H and O–H groups in total. The lowest BCUT2D eigenvalue weighted by atomic mass is 9.89. The summed E-state index contributed by atoms with van der Waals surface area (Å²) in [5.41, 5.74) is 3.82. The molecule has 1 aliphatic heterocycles. The Kier molecular flexibility index (Phi) is 7.46. The number of hydrogen-bond acceptors (Lipinski definition) is 4. The summed E-state index contributed by atoms with van der Waals surface area (Å²) in [5, 5.41) is 3.01. The van der Waals surface area contributed by atoms with E-state index in [1.165, 1.54) is 5.56 Å². The molecule has 33 heavy (non-hydrogen) atoms. The van der Waals surface area contributed by atoms with Crippen LogP contribution in [0.25, 0.3) is 11.0 Å². The van der Waals surface area contributed by atoms with Crippen LogP contribution in [0.3, 0.4) is 0 Å². The lowest BCUT2D eigenvalue weighted by molar-refractivity contribution is -0.116. The van der Waals surface area contributed by atoms with Crippen LogP contribution < -0.4 is 5.32 Å². The highest BCUT2D eigenvalue weighted by molar-refractivity contribution is 5.91. The van der Waals surface area contributed by atoms with Crippen molar-refractivity contribution in [2.24, 2.45) is 5.92 Å². The van der Waals surface area contributed by atoms with Crippen molar-refractivity contribution in [2.45, 2.75) is 65.3 Å². The molecule has 0 radical (unpaired) electrons. The molecule has 1 amide bonds. The lowest BCUT2D eigenvalue weighted by Gasteiger charge is -2.42. The molecule has 6 heteroatoms. The van der Waals surface area contributed by atoms with Gasteiger partial charge in [-0.05, 0) is 61.7 Å². The summed E-state index contributed by atoms with van der Waals surface area (Å²) in [6.07, 6.45) is 4.15. The number of amides is 1. The number of carbonyl (C=O) groups is 1. The van der Waals surface area contributed by atoms with E-state index in [1.807, 2.05) is 41.0 Å². The van der Waals surface area contributed by atoms with Gasteiger partial charge in [0, 0.05) is 11.7 Å². The first-order valence-electron chi connectivity index (χ1n) is 12.2. The monoisotopic (exact) mass is 448 g/mol. The van der Waals surface area contributed by atoms with E-state index in [1.54, 1.807) is 6.33 Å². The van der Waals surface area contributed by atoms with E-state index in [4.69, 9.17) is 4.74 Å². The summed E-state index contributed by atoms with van der Waals surface area (Å²) in [4.78, 5) is 19.5. The predicted molar refractivity (Wildman–Crippen MR) is 133 cm³/mol. The molecule has 1 aromatic heterocycles. The molecular formula is C27H36N4O2. The normalized spacial score (nSPS) is 21.1. The zero-order valence-electron chi connectivity index (χ0n) is 20.2. The topological polar surface area (TPSA) is 59.4 Å². The zero-order chi connectivity index (χ0) is 23.4. The molecule has 176 valence electrons. The second kappa shape index (κ2) is 10.5. The van der Waals surface area contributed by atoms with Crippen LogP contribution in [0.1, 0.15) is 52.2 Å². The molecule has 6 nitrogen and oxygen atoms in total. The molecule has 0 spiro atoms. The first-order valence-corrected chi connectivity index (χ1v) is 12.2. The number of imidazole rings is 1. The Morgan fingerprint density at radius 3 is 2.55 bits per heavy atom. The fourth-order valence-electron chi connectivity index (χ4n) is 4.89. The number of para-hydroxylation sites is 2. The van der Waals surface area contributed by atoms with Gasteiger partial charge in [0.1, 0.15) is 6.54 Å². The number of aromatic nitrogens is 2. The summed E-state index contributed by atoms with van der Waals surface area (Å²) < 4.78 is 8.38. The van der Waals surface area contributed by atoms with Gasteiger partial charge < -0.3 is 19.5 Å². The molecule has 3 aromatic rings. The molecule has 0 unspecified atom stereocenters. The number of benzene rings is 2. The molecule has 1 saturated heterocycles. The molecule has 1 aliphatic rings. The summed E-state index contributed by atoms with van der Waals surface area (Å²) in [5.74, 6) is 0.421. The first-order chi connectivity index (χ1) is 16.0. The minimum Gasteiger partial charge on any atom is -0.370 e. The van der Waals surface area contributed by atoms with Crippen LogP contribution in [0.15, 0.2) is 54.9 Å². The second-order valence-corrected chi connectivity index (χ2v) is 9.29. The molecule has 0 bridgehead atoms. The van der Waals surface area contributed by atoms with Gasteiger partial charge in [-0.2, -0.15) is 0 Å². The molecule has 2 heterocycles. The summed E-state index contributed by atoms with van der Waals surface area (Å²) >= 11 is 0. The van der Waals surface area contributed by atoms with Gasteiger partial charge in [-0.3, -0.25) is 4.79 Å². The number of nitrogens with one attached hydrogen (secondary N) is 1. The maximum absolute atomic E-state index is 12.6. The lowest BCUT2D eigenvalue weighted by Crippen LogP contribution is -2.44. The van der Waals surface area contributed by atoms with Crippen molar-refractivity contribution in [1.82, 2.24) is 14.5 Å². The maximum Gasteiger partial charge on any atom is 0.244 e. The van der Waals surface area contributed by atoms with Gasteiger partial charge in [-0.1, -0.05) is 52.0 Å². The fourth-order valence-corrected chi connectivity index (χ4v) is 4.89. The molecule has 0 saturated carbocycles. The Morgan fingerprint density at radius 2 is 1.85 bits per heavy atom. The van der Waals surface area contributed by atoms with E-state index >= 15 is 0 Å². The minimum atomic E-state index is -0.0683. The Labute approximate surface area is 196 Å². The van der Waals surface area contributed by atoms with Gasteiger partial charge in [0.05, 0.1) is 29.6 Å². The van der Waals surface area contributed by atoms with Crippen molar-refractivity contribution >= 4 is 22.6 Å². The second-order valence-electron chi connectivity index (χ2n) is 9.29. The van der Waals surface area contributed by atoms with E-state index in [-0.39, 0.29) is 24.7 Å². The first kappa shape index (κ1) is 23.5. The van der Waals surface area contributed by atoms with E-state index < -0.39 is 0 Å². The molecule has 4 rings (SSSR count). The standard InChI is InChI=1S/C27H36N4O2/c1-5-30(6-2)22-15-25(19(3)4)33-26(16-22)20-11-13-21(14-12-20)29-27(32)17-31-18-28-23-9-7-8-10-24(23)31/h7-14,18-19,22,25-26H,5-6,15-17H2,1-4H3,(H,29,32)/t22-,25-,26+/m1/s1. The quantitative estimate of drug-likeness (QED) is 0.511. The maximum atomic E-state index is 12.6. The summed E-state index contributed by atoms with van der Waals surface area (Å²) in [6.45, 7) is 11.3. The Bertz CT molecular complexity index is 1060. The van der Waals surface area contributed by atoms with Crippen molar-refractivity contribution in [1.29, 1.82) is 0 Å². The molecule has 1 fully saturated rings. The van der Waals surface area contributed by atoms with Gasteiger partial charge in [0.2, 0.25) is 5.91 Å². The van der Waals surface area contributed by atoms with Crippen LogP contribution in [0.5, 0.6) is 0 Å². The van der Waals surface area contributed by atoms with Crippen molar-refractivity contribution in [3.63, 3.8) is 0 Å². The van der Waals surface area contributed by atoms with Crippen LogP contribution in [-0.4, -0.2) is 45.6 Å². The van der Waals surface area contributed by atoms with E-state index in [0.717, 1.165) is 42.7 Å². The van der Waals surface area contributed by atoms with Crippen LogP contribution >= 0.6 is 0 Å². The van der Waals surface area contributed by atoms with Crippen molar-refractivity contribution in [2.75, 3.05) is 18.4 Å². The van der Waals surface area contributed by atoms with Crippen molar-refractivity contribution in [3.05, 3.63) is 60.4 Å². The average Bonchev–Trinajstić information content (AvgIpc) is 3.23. The number of hydrogen-bond donors (Lipinski definition) is 1.